The van der Waals surface area contributed by atoms with E-state index >= 15 is 0 Å². The molecule has 0 aliphatic carbocycles. The van der Waals surface area contributed by atoms with Gasteiger partial charge in [-0.25, -0.2) is 4.79 Å². The van der Waals surface area contributed by atoms with Crippen molar-refractivity contribution in [2.45, 2.75) is 32.6 Å². The van der Waals surface area contributed by atoms with E-state index in [0.29, 0.717) is 28.8 Å². The van der Waals surface area contributed by atoms with Gasteiger partial charge in [-0.3, -0.25) is 4.79 Å². The third-order valence-electron chi connectivity index (χ3n) is 4.25. The van der Waals surface area contributed by atoms with Crippen LogP contribution in [0.25, 0.3) is 0 Å². The molecule has 1 aliphatic rings. The molecule has 1 aliphatic heterocycles. The lowest BCUT2D eigenvalue weighted by atomic mass is 9.96. The number of likely N-dealkylation sites (N-methyl/N-ethyl adjacent to an activating group) is 1. The average molecular weight is 421 g/mol. The van der Waals surface area contributed by atoms with Crippen molar-refractivity contribution in [3.63, 3.8) is 0 Å². The lowest BCUT2D eigenvalue weighted by molar-refractivity contribution is -0.125. The highest BCUT2D eigenvalue weighted by atomic mass is 35.5. The summed E-state index contributed by atoms with van der Waals surface area (Å²) in [5.74, 6) is -0.964. The first-order chi connectivity index (χ1) is 13.9. The maximum atomic E-state index is 12.7. The number of hydrogen-bond acceptors (Lipinski definition) is 6. The molecule has 2 N–H and O–H groups in total. The number of benzene rings is 1. The number of aryl methyl sites for hydroxylation is 1. The highest BCUT2D eigenvalue weighted by Crippen LogP contribution is 2.33. The van der Waals surface area contributed by atoms with E-state index < -0.39 is 5.97 Å². The SMILES string of the molecule is CNC(=O)CO/N=C1/C=C/CC/C=C/CCOC(=O)c2c(C)cc(O)c(Cl)c2C1. The van der Waals surface area contributed by atoms with Crippen molar-refractivity contribution in [3.8, 4) is 5.75 Å². The molecule has 0 saturated carbocycles. The van der Waals surface area contributed by atoms with Crippen LogP contribution in [-0.2, 0) is 20.8 Å². The molecule has 0 atom stereocenters. The van der Waals surface area contributed by atoms with Crippen LogP contribution >= 0.6 is 11.6 Å². The van der Waals surface area contributed by atoms with Gasteiger partial charge < -0.3 is 20.0 Å². The zero-order valence-electron chi connectivity index (χ0n) is 16.5. The number of nitrogens with zero attached hydrogens (tertiary/aromatic N) is 1. The van der Waals surface area contributed by atoms with E-state index in [4.69, 9.17) is 21.2 Å². The number of ether oxygens (including phenoxy) is 1. The molecule has 29 heavy (non-hydrogen) atoms. The van der Waals surface area contributed by atoms with Gasteiger partial charge in [0.05, 0.1) is 22.9 Å². The van der Waals surface area contributed by atoms with Gasteiger partial charge in [-0.15, -0.1) is 0 Å². The quantitative estimate of drug-likeness (QED) is 0.443. The number of oxime groups is 1. The number of nitrogens with one attached hydrogen (secondary N) is 1. The summed E-state index contributed by atoms with van der Waals surface area (Å²) in [6.45, 7) is 1.71. The molecule has 1 aromatic carbocycles. The Morgan fingerprint density at radius 3 is 2.79 bits per heavy atom. The topological polar surface area (TPSA) is 97.2 Å². The molecule has 2 rings (SSSR count). The van der Waals surface area contributed by atoms with Gasteiger partial charge in [0, 0.05) is 13.5 Å². The average Bonchev–Trinajstić information content (AvgIpc) is 2.69. The van der Waals surface area contributed by atoms with E-state index in [-0.39, 0.29) is 36.3 Å². The second-order valence-corrected chi connectivity index (χ2v) is 6.84. The van der Waals surface area contributed by atoms with Crippen molar-refractivity contribution in [2.75, 3.05) is 20.3 Å². The Labute approximate surface area is 175 Å². The molecule has 0 bridgehead atoms. The predicted octanol–water partition coefficient (Wildman–Crippen LogP) is 3.47. The highest BCUT2D eigenvalue weighted by Gasteiger charge is 2.22. The molecule has 156 valence electrons. The number of fused-ring (bicyclic) bond motifs is 1. The summed E-state index contributed by atoms with van der Waals surface area (Å²) in [4.78, 5) is 29.2. The largest absolute Gasteiger partial charge is 0.506 e. The number of amides is 1. The number of carbonyl (C=O) groups excluding carboxylic acids is 2. The number of esters is 1. The minimum atomic E-state index is -0.514. The first-order valence-corrected chi connectivity index (χ1v) is 9.70. The zero-order valence-corrected chi connectivity index (χ0v) is 17.3. The summed E-state index contributed by atoms with van der Waals surface area (Å²) in [6.07, 6.45) is 10.0. The standard InChI is InChI=1S/C21H25ClN2O5/c1-14-11-17(25)20(22)16-12-15(24-29-13-18(26)23-2)9-7-5-3-4-6-8-10-28-21(27)19(14)16/h4,6-7,9,11,25H,3,5,8,10,12-13H2,1-2H3,(H,23,26)/b6-4+,9-7+,24-15-. The highest BCUT2D eigenvalue weighted by molar-refractivity contribution is 6.33. The summed E-state index contributed by atoms with van der Waals surface area (Å²) in [6, 6.07) is 1.43. The summed E-state index contributed by atoms with van der Waals surface area (Å²) >= 11 is 6.32. The predicted molar refractivity (Wildman–Crippen MR) is 111 cm³/mol. The second kappa shape index (κ2) is 11.3. The zero-order chi connectivity index (χ0) is 21.2. The van der Waals surface area contributed by atoms with Crippen LogP contribution in [0.1, 0.15) is 40.7 Å². The normalized spacial score (nSPS) is 18.9. The van der Waals surface area contributed by atoms with Gasteiger partial charge in [-0.2, -0.15) is 0 Å². The van der Waals surface area contributed by atoms with Crippen molar-refractivity contribution in [2.24, 2.45) is 5.16 Å². The lowest BCUT2D eigenvalue weighted by Gasteiger charge is -2.15. The van der Waals surface area contributed by atoms with Crippen molar-refractivity contribution < 1.29 is 24.3 Å². The summed E-state index contributed by atoms with van der Waals surface area (Å²) < 4.78 is 5.38. The molecule has 0 fully saturated rings. The number of cyclic esters (lactones) is 1. The van der Waals surface area contributed by atoms with Crippen LogP contribution in [0, 0.1) is 6.92 Å². The smallest absolute Gasteiger partial charge is 0.338 e. The van der Waals surface area contributed by atoms with Gasteiger partial charge in [-0.1, -0.05) is 35.0 Å². The third kappa shape index (κ3) is 6.64. The molecule has 0 unspecified atom stereocenters. The molecule has 0 spiro atoms. The molecule has 0 radical (unpaired) electrons. The number of hydrogen-bond donors (Lipinski definition) is 2. The molecule has 8 heteroatoms. The maximum Gasteiger partial charge on any atom is 0.338 e. The van der Waals surface area contributed by atoms with Gasteiger partial charge in [0.25, 0.3) is 5.91 Å². The molecule has 1 heterocycles. The van der Waals surface area contributed by atoms with Gasteiger partial charge in [0.2, 0.25) is 0 Å². The fourth-order valence-corrected chi connectivity index (χ4v) is 3.00. The number of allylic oxidation sites excluding steroid dienone is 3. The van der Waals surface area contributed by atoms with E-state index in [1.807, 2.05) is 18.2 Å². The van der Waals surface area contributed by atoms with E-state index in [2.05, 4.69) is 10.5 Å². The third-order valence-corrected chi connectivity index (χ3v) is 4.67. The van der Waals surface area contributed by atoms with Crippen LogP contribution in [0.2, 0.25) is 5.02 Å². The van der Waals surface area contributed by atoms with Gasteiger partial charge >= 0.3 is 5.97 Å². The molecule has 0 aromatic heterocycles. The number of halogens is 1. The Morgan fingerprint density at radius 1 is 1.31 bits per heavy atom. The van der Waals surface area contributed by atoms with Crippen molar-refractivity contribution >= 4 is 29.2 Å². The van der Waals surface area contributed by atoms with Crippen LogP contribution in [0.15, 0.2) is 35.5 Å². The Bertz CT molecular complexity index is 846. The van der Waals surface area contributed by atoms with Crippen LogP contribution in [0.5, 0.6) is 5.75 Å². The van der Waals surface area contributed by atoms with Crippen molar-refractivity contribution in [3.05, 3.63) is 52.1 Å². The summed E-state index contributed by atoms with van der Waals surface area (Å²) in [5, 5.41) is 16.7. The minimum Gasteiger partial charge on any atom is -0.506 e. The van der Waals surface area contributed by atoms with E-state index in [1.165, 1.54) is 13.1 Å². The van der Waals surface area contributed by atoms with Crippen LogP contribution in [0.4, 0.5) is 0 Å². The molecular weight excluding hydrogens is 396 g/mol. The van der Waals surface area contributed by atoms with Crippen LogP contribution in [-0.4, -0.2) is 43.0 Å². The number of rotatable bonds is 3. The van der Waals surface area contributed by atoms with E-state index in [0.717, 1.165) is 12.8 Å². The Morgan fingerprint density at radius 2 is 2.03 bits per heavy atom. The van der Waals surface area contributed by atoms with Gasteiger partial charge in [0.15, 0.2) is 6.61 Å². The van der Waals surface area contributed by atoms with Gasteiger partial charge in [0.1, 0.15) is 5.75 Å². The summed E-state index contributed by atoms with van der Waals surface area (Å²) in [5.41, 5.74) is 1.69. The van der Waals surface area contributed by atoms with Crippen LogP contribution in [0.3, 0.4) is 0 Å². The monoisotopic (exact) mass is 420 g/mol. The number of aromatic hydroxyl groups is 1. The van der Waals surface area contributed by atoms with Crippen molar-refractivity contribution in [1.82, 2.24) is 5.32 Å². The van der Waals surface area contributed by atoms with Gasteiger partial charge in [-0.05, 0) is 49.5 Å². The fraction of sp³-hybridized carbons (Fsp3) is 0.381. The summed E-state index contributed by atoms with van der Waals surface area (Å²) in [7, 11) is 1.50. The van der Waals surface area contributed by atoms with E-state index in [9.17, 15) is 14.7 Å². The number of phenolic OH excluding ortho intramolecular Hbond substituents is 1. The Hall–Kier alpha value is -2.80. The maximum absolute atomic E-state index is 12.7. The van der Waals surface area contributed by atoms with Crippen molar-refractivity contribution in [1.29, 1.82) is 0 Å². The lowest BCUT2D eigenvalue weighted by Crippen LogP contribution is -2.22. The molecule has 1 aromatic rings. The minimum absolute atomic E-state index is 0.0574. The van der Waals surface area contributed by atoms with Crippen LogP contribution < -0.4 is 5.32 Å². The molecule has 7 nitrogen and oxygen atoms in total. The molecular formula is C21H25ClN2O5. The first kappa shape index (κ1) is 22.5. The Kier molecular flexibility index (Phi) is 8.73. The molecule has 0 saturated heterocycles. The molecule has 1 amide bonds. The fourth-order valence-electron chi connectivity index (χ4n) is 2.78. The number of carbonyl (C=O) groups is 2. The first-order valence-electron chi connectivity index (χ1n) is 9.33. The second-order valence-electron chi connectivity index (χ2n) is 6.46. The number of phenols is 1. The Balaban J connectivity index is 2.45. The van der Waals surface area contributed by atoms with E-state index in [1.54, 1.807) is 13.0 Å².